The molecule has 0 radical (unpaired) electrons. The second kappa shape index (κ2) is 14.3. The quantitative estimate of drug-likeness (QED) is 0.212. The van der Waals surface area contributed by atoms with E-state index in [1.165, 1.54) is 6.08 Å². The van der Waals surface area contributed by atoms with Crippen molar-refractivity contribution in [2.24, 2.45) is 0 Å². The fraction of sp³-hybridized carbons (Fsp3) is 0.419. The highest BCUT2D eigenvalue weighted by atomic mass is 16.6. The molecule has 0 unspecified atom stereocenters. The Balaban J connectivity index is 1.59. The lowest BCUT2D eigenvalue weighted by Crippen LogP contribution is -2.47. The third kappa shape index (κ3) is 8.97. The van der Waals surface area contributed by atoms with Crippen LogP contribution in [0.1, 0.15) is 63.5 Å². The van der Waals surface area contributed by atoms with E-state index in [2.05, 4.69) is 17.2 Å². The standard InChI is InChI=1S/C31H38N2O7/c1-5-19-38-27(34)17-18-32-29(36)26(15-10-16-28(35)40-31(2,3)4)33-30(37)39-20-25-23-13-8-6-11-21(23)22-12-7-9-14-24(22)25/h5-9,11-14,25-26H,1,10,15-20H2,2-4H3,(H,32,36)(H,33,37)/t26-/m0/s1. The molecule has 0 saturated heterocycles. The minimum atomic E-state index is -0.970. The first-order valence-corrected chi connectivity index (χ1v) is 13.5. The number of rotatable bonds is 13. The van der Waals surface area contributed by atoms with Crippen LogP contribution in [0.2, 0.25) is 0 Å². The Morgan fingerprint density at radius 1 is 0.925 bits per heavy atom. The zero-order valence-electron chi connectivity index (χ0n) is 23.4. The van der Waals surface area contributed by atoms with E-state index in [0.717, 1.165) is 22.3 Å². The van der Waals surface area contributed by atoms with Crippen LogP contribution in [0.5, 0.6) is 0 Å². The number of esters is 2. The molecular formula is C31H38N2O7. The lowest BCUT2D eigenvalue weighted by atomic mass is 9.98. The van der Waals surface area contributed by atoms with Gasteiger partial charge in [-0.2, -0.15) is 0 Å². The van der Waals surface area contributed by atoms with Crippen molar-refractivity contribution in [2.45, 2.75) is 64.0 Å². The van der Waals surface area contributed by atoms with Crippen LogP contribution in [0, 0.1) is 0 Å². The van der Waals surface area contributed by atoms with Gasteiger partial charge in [0, 0.05) is 18.9 Å². The Bertz CT molecular complexity index is 1170. The van der Waals surface area contributed by atoms with E-state index in [9.17, 15) is 19.2 Å². The fourth-order valence-electron chi connectivity index (χ4n) is 4.53. The number of alkyl carbamates (subject to hydrolysis) is 1. The van der Waals surface area contributed by atoms with Crippen molar-refractivity contribution in [2.75, 3.05) is 19.8 Å². The summed E-state index contributed by atoms with van der Waals surface area (Å²) in [7, 11) is 0. The molecule has 2 amide bonds. The Kier molecular flexibility index (Phi) is 10.9. The minimum Gasteiger partial charge on any atom is -0.461 e. The monoisotopic (exact) mass is 550 g/mol. The molecule has 0 bridgehead atoms. The van der Waals surface area contributed by atoms with Gasteiger partial charge in [-0.3, -0.25) is 14.4 Å². The first-order chi connectivity index (χ1) is 19.1. The lowest BCUT2D eigenvalue weighted by molar-refractivity contribution is -0.155. The first kappa shape index (κ1) is 30.4. The topological polar surface area (TPSA) is 120 Å². The van der Waals surface area contributed by atoms with Crippen molar-refractivity contribution < 1.29 is 33.4 Å². The van der Waals surface area contributed by atoms with Gasteiger partial charge in [-0.25, -0.2) is 4.79 Å². The molecule has 40 heavy (non-hydrogen) atoms. The summed E-state index contributed by atoms with van der Waals surface area (Å²) in [5.74, 6) is -1.49. The predicted molar refractivity (Wildman–Crippen MR) is 150 cm³/mol. The van der Waals surface area contributed by atoms with Crippen molar-refractivity contribution in [3.05, 3.63) is 72.3 Å². The molecule has 0 fully saturated rings. The average Bonchev–Trinajstić information content (AvgIpc) is 3.22. The SMILES string of the molecule is C=CCOC(=O)CCNC(=O)[C@H](CCCC(=O)OC(C)(C)C)NC(=O)OCC1c2ccccc2-c2ccccc21. The number of nitrogens with one attached hydrogen (secondary N) is 2. The zero-order chi connectivity index (χ0) is 29.1. The maximum Gasteiger partial charge on any atom is 0.407 e. The second-order valence-electron chi connectivity index (χ2n) is 10.5. The zero-order valence-corrected chi connectivity index (χ0v) is 23.4. The second-order valence-corrected chi connectivity index (χ2v) is 10.5. The highest BCUT2D eigenvalue weighted by Crippen LogP contribution is 2.44. The number of fused-ring (bicyclic) bond motifs is 3. The number of hydrogen-bond donors (Lipinski definition) is 2. The Morgan fingerprint density at radius 2 is 1.55 bits per heavy atom. The van der Waals surface area contributed by atoms with Crippen LogP contribution in [0.15, 0.2) is 61.2 Å². The molecule has 2 N–H and O–H groups in total. The van der Waals surface area contributed by atoms with Gasteiger partial charge in [0.2, 0.25) is 5.91 Å². The molecule has 3 rings (SSSR count). The largest absolute Gasteiger partial charge is 0.461 e. The fourth-order valence-corrected chi connectivity index (χ4v) is 4.53. The van der Waals surface area contributed by atoms with E-state index < -0.39 is 35.6 Å². The molecule has 2 aromatic rings. The number of carbonyl (C=O) groups is 4. The van der Waals surface area contributed by atoms with Gasteiger partial charge in [-0.15, -0.1) is 0 Å². The molecule has 0 heterocycles. The van der Waals surface area contributed by atoms with E-state index in [4.69, 9.17) is 14.2 Å². The maximum absolute atomic E-state index is 12.9. The normalized spacial score (nSPS) is 12.9. The Labute approximate surface area is 235 Å². The molecule has 0 aliphatic heterocycles. The van der Waals surface area contributed by atoms with E-state index in [1.807, 2.05) is 48.5 Å². The Hall–Kier alpha value is -4.14. The van der Waals surface area contributed by atoms with Crippen molar-refractivity contribution in [3.63, 3.8) is 0 Å². The van der Waals surface area contributed by atoms with E-state index in [0.29, 0.717) is 6.42 Å². The van der Waals surface area contributed by atoms with Gasteiger partial charge >= 0.3 is 18.0 Å². The Morgan fingerprint density at radius 3 is 2.15 bits per heavy atom. The molecular weight excluding hydrogens is 512 g/mol. The summed E-state index contributed by atoms with van der Waals surface area (Å²) < 4.78 is 15.8. The molecule has 214 valence electrons. The van der Waals surface area contributed by atoms with E-state index >= 15 is 0 Å². The molecule has 1 aliphatic rings. The summed E-state index contributed by atoms with van der Waals surface area (Å²) in [6, 6.07) is 15.0. The maximum atomic E-state index is 12.9. The summed E-state index contributed by atoms with van der Waals surface area (Å²) >= 11 is 0. The van der Waals surface area contributed by atoms with Gasteiger partial charge in [-0.1, -0.05) is 61.2 Å². The third-order valence-electron chi connectivity index (χ3n) is 6.24. The smallest absolute Gasteiger partial charge is 0.407 e. The first-order valence-electron chi connectivity index (χ1n) is 13.5. The van der Waals surface area contributed by atoms with Crippen molar-refractivity contribution in [1.82, 2.24) is 10.6 Å². The van der Waals surface area contributed by atoms with Crippen molar-refractivity contribution >= 4 is 23.9 Å². The number of benzene rings is 2. The van der Waals surface area contributed by atoms with E-state index in [-0.39, 0.29) is 44.9 Å². The van der Waals surface area contributed by atoms with Crippen LogP contribution in [0.4, 0.5) is 4.79 Å². The van der Waals surface area contributed by atoms with Crippen LogP contribution in [0.3, 0.4) is 0 Å². The molecule has 9 heteroatoms. The van der Waals surface area contributed by atoms with Crippen molar-refractivity contribution in [3.8, 4) is 11.1 Å². The number of ether oxygens (including phenoxy) is 3. The van der Waals surface area contributed by atoms with Crippen LogP contribution >= 0.6 is 0 Å². The molecule has 9 nitrogen and oxygen atoms in total. The van der Waals surface area contributed by atoms with Gasteiger partial charge in [0.1, 0.15) is 24.9 Å². The molecule has 0 spiro atoms. The van der Waals surface area contributed by atoms with Gasteiger partial charge in [0.15, 0.2) is 0 Å². The summed E-state index contributed by atoms with van der Waals surface area (Å²) in [6.07, 6.45) is 1.24. The molecule has 0 saturated carbocycles. The van der Waals surface area contributed by atoms with Crippen LogP contribution in [-0.4, -0.2) is 55.3 Å². The van der Waals surface area contributed by atoms with Crippen LogP contribution < -0.4 is 10.6 Å². The summed E-state index contributed by atoms with van der Waals surface area (Å²) in [5, 5.41) is 5.27. The number of hydrogen-bond acceptors (Lipinski definition) is 7. The number of amides is 2. The third-order valence-corrected chi connectivity index (χ3v) is 6.24. The molecule has 2 aromatic carbocycles. The minimum absolute atomic E-state index is 0.0315. The highest BCUT2D eigenvalue weighted by Gasteiger charge is 2.30. The van der Waals surface area contributed by atoms with E-state index in [1.54, 1.807) is 20.8 Å². The molecule has 1 atom stereocenters. The number of carbonyl (C=O) groups excluding carboxylic acids is 4. The van der Waals surface area contributed by atoms with Gasteiger partial charge in [0.25, 0.3) is 0 Å². The van der Waals surface area contributed by atoms with Crippen LogP contribution in [-0.2, 0) is 28.6 Å². The predicted octanol–water partition coefficient (Wildman–Crippen LogP) is 4.64. The van der Waals surface area contributed by atoms with Crippen molar-refractivity contribution in [1.29, 1.82) is 0 Å². The summed E-state index contributed by atoms with van der Waals surface area (Å²) in [4.78, 5) is 49.6. The molecule has 1 aliphatic carbocycles. The lowest BCUT2D eigenvalue weighted by Gasteiger charge is -2.21. The van der Waals surface area contributed by atoms with Gasteiger partial charge in [0.05, 0.1) is 6.42 Å². The van der Waals surface area contributed by atoms with Gasteiger partial charge in [-0.05, 0) is 55.9 Å². The highest BCUT2D eigenvalue weighted by molar-refractivity contribution is 5.86. The average molecular weight is 551 g/mol. The summed E-state index contributed by atoms with van der Waals surface area (Å²) in [6.45, 7) is 9.03. The summed E-state index contributed by atoms with van der Waals surface area (Å²) in [5.41, 5.74) is 3.75. The van der Waals surface area contributed by atoms with Crippen LogP contribution in [0.25, 0.3) is 11.1 Å². The molecule has 0 aromatic heterocycles. The van der Waals surface area contributed by atoms with Gasteiger partial charge < -0.3 is 24.8 Å².